The topological polar surface area (TPSA) is 22.1 Å². The van der Waals surface area contributed by atoms with Gasteiger partial charge in [-0.25, -0.2) is 17.6 Å². The monoisotopic (exact) mass is 585 g/mol. The van der Waals surface area contributed by atoms with E-state index in [9.17, 15) is 17.6 Å². The molecule has 1 heterocycles. The second-order valence-corrected chi connectivity index (χ2v) is 8.66. The third-order valence-corrected chi connectivity index (χ3v) is 5.83. The fraction of sp³-hybridized carbons (Fsp3) is 0.296. The molecule has 0 N–H and O–H groups in total. The number of nitrogens with zero attached hydrogens (tertiary/aromatic N) is 1. The molecule has 3 aromatic rings. The molecule has 0 fully saturated rings. The number of halogens is 5. The van der Waals surface area contributed by atoms with Gasteiger partial charge in [-0.15, -0.1) is 0 Å². The highest BCUT2D eigenvalue weighted by Gasteiger charge is 2.15. The van der Waals surface area contributed by atoms with E-state index < -0.39 is 26.8 Å². The third kappa shape index (κ3) is 9.83. The van der Waals surface area contributed by atoms with Gasteiger partial charge in [0.25, 0.3) is 0 Å². The van der Waals surface area contributed by atoms with Crippen LogP contribution in [-0.4, -0.2) is 11.6 Å². The van der Waals surface area contributed by atoms with E-state index in [4.69, 9.17) is 4.74 Å². The van der Waals surface area contributed by atoms with E-state index in [-0.39, 0.29) is 6.07 Å². The Labute approximate surface area is 212 Å². The van der Waals surface area contributed by atoms with Crippen molar-refractivity contribution in [3.8, 4) is 5.75 Å². The summed E-state index contributed by atoms with van der Waals surface area (Å²) in [5, 5.41) is 0. The first-order valence-electron chi connectivity index (χ1n) is 11.2. The van der Waals surface area contributed by atoms with Crippen molar-refractivity contribution in [3.63, 3.8) is 0 Å². The summed E-state index contributed by atoms with van der Waals surface area (Å²) in [6, 6.07) is 12.4. The highest BCUT2D eigenvalue weighted by molar-refractivity contribution is 14.1. The molecule has 182 valence electrons. The van der Waals surface area contributed by atoms with Gasteiger partial charge in [0.2, 0.25) is 0 Å². The minimum absolute atomic E-state index is 0.173. The average molecular weight is 585 g/mol. The lowest BCUT2D eigenvalue weighted by Crippen LogP contribution is -1.97. The van der Waals surface area contributed by atoms with Crippen LogP contribution in [0.5, 0.6) is 5.75 Å². The summed E-state index contributed by atoms with van der Waals surface area (Å²) >= 11 is 1.19. The normalized spacial score (nSPS) is 10.8. The summed E-state index contributed by atoms with van der Waals surface area (Å²) in [7, 11) is 0. The molecule has 0 saturated carbocycles. The summed E-state index contributed by atoms with van der Waals surface area (Å²) in [6.45, 7) is 3.07. The lowest BCUT2D eigenvalue weighted by Gasteiger charge is -2.06. The molecule has 1 aromatic heterocycles. The van der Waals surface area contributed by atoms with Gasteiger partial charge in [0.1, 0.15) is 5.75 Å². The number of benzene rings is 2. The zero-order valence-corrected chi connectivity index (χ0v) is 21.2. The Kier molecular flexibility index (Phi) is 12.7. The molecule has 7 heteroatoms. The molecule has 34 heavy (non-hydrogen) atoms. The number of pyridine rings is 1. The number of hydrogen-bond acceptors (Lipinski definition) is 2. The van der Waals surface area contributed by atoms with E-state index in [0.29, 0.717) is 0 Å². The molecule has 0 saturated heterocycles. The predicted octanol–water partition coefficient (Wildman–Crippen LogP) is 8.84. The summed E-state index contributed by atoms with van der Waals surface area (Å²) < 4.78 is 54.4. The van der Waals surface area contributed by atoms with E-state index in [1.807, 2.05) is 24.3 Å². The fourth-order valence-corrected chi connectivity index (χ4v) is 3.47. The highest BCUT2D eigenvalue weighted by atomic mass is 127. The molecule has 0 atom stereocenters. The molecule has 0 unspecified atom stereocenters. The van der Waals surface area contributed by atoms with Crippen molar-refractivity contribution in [2.75, 3.05) is 6.61 Å². The molecule has 0 radical (unpaired) electrons. The number of hydrogen-bond donors (Lipinski definition) is 0. The van der Waals surface area contributed by atoms with Crippen molar-refractivity contribution in [2.24, 2.45) is 0 Å². The lowest BCUT2D eigenvalue weighted by atomic mass is 10.1. The zero-order valence-electron chi connectivity index (χ0n) is 19.0. The molecule has 0 amide bonds. The molecule has 0 aliphatic rings. The number of rotatable bonds is 10. The van der Waals surface area contributed by atoms with Crippen LogP contribution in [0.2, 0.25) is 0 Å². The smallest absolute Gasteiger partial charge is 0.175 e. The molecule has 3 rings (SSSR count). The van der Waals surface area contributed by atoms with Crippen LogP contribution in [-0.2, 0) is 0 Å². The van der Waals surface area contributed by atoms with Gasteiger partial charge in [0, 0.05) is 18.5 Å². The van der Waals surface area contributed by atoms with Crippen LogP contribution >= 0.6 is 22.6 Å². The van der Waals surface area contributed by atoms with Gasteiger partial charge < -0.3 is 4.74 Å². The molecule has 2 aromatic carbocycles. The van der Waals surface area contributed by atoms with Crippen LogP contribution in [0.1, 0.15) is 56.6 Å². The minimum Gasteiger partial charge on any atom is -0.494 e. The SMILES string of the molecule is CCCCCCCCOc1ccc(/C=C/c2ccncc2)cc1.Fc1cc(F)c(F)c(I)c1F. The Balaban J connectivity index is 0.000000310. The first-order chi connectivity index (χ1) is 16.4. The van der Waals surface area contributed by atoms with Crippen LogP contribution in [0.3, 0.4) is 0 Å². The van der Waals surface area contributed by atoms with Gasteiger partial charge in [-0.1, -0.05) is 63.3 Å². The standard InChI is InChI=1S/C21H27NO.C6HF4I/c1-2-3-4-5-6-7-18-23-21-12-10-19(11-13-21)8-9-20-14-16-22-17-15-20;7-2-1-3(8)5(10)6(11)4(2)9/h8-17H,2-7,18H2,1H3;1H/b9-8+;. The number of unbranched alkanes of at least 4 members (excludes halogenated alkanes) is 5. The van der Waals surface area contributed by atoms with Crippen molar-refractivity contribution < 1.29 is 22.3 Å². The maximum absolute atomic E-state index is 12.4. The molecule has 0 bridgehead atoms. The van der Waals surface area contributed by atoms with Crippen molar-refractivity contribution in [1.82, 2.24) is 4.98 Å². The summed E-state index contributed by atoms with van der Waals surface area (Å²) in [5.41, 5.74) is 2.33. The molecule has 0 aliphatic carbocycles. The quantitative estimate of drug-likeness (QED) is 0.0780. The predicted molar refractivity (Wildman–Crippen MR) is 137 cm³/mol. The molecule has 0 spiro atoms. The van der Waals surface area contributed by atoms with Gasteiger partial charge in [-0.2, -0.15) is 0 Å². The summed E-state index contributed by atoms with van der Waals surface area (Å²) in [6.07, 6.45) is 15.6. The van der Waals surface area contributed by atoms with E-state index >= 15 is 0 Å². The Morgan fingerprint density at radius 1 is 0.765 bits per heavy atom. The summed E-state index contributed by atoms with van der Waals surface area (Å²) in [4.78, 5) is 4.02. The zero-order chi connectivity index (χ0) is 24.8. The van der Waals surface area contributed by atoms with Gasteiger partial charge >= 0.3 is 0 Å². The fourth-order valence-electron chi connectivity index (χ4n) is 2.96. The molecular formula is C27H28F4INO. The number of ether oxygens (including phenoxy) is 1. The highest BCUT2D eigenvalue weighted by Crippen LogP contribution is 2.20. The third-order valence-electron chi connectivity index (χ3n) is 4.88. The van der Waals surface area contributed by atoms with E-state index in [2.05, 4.69) is 36.2 Å². The maximum Gasteiger partial charge on any atom is 0.175 e. The molecule has 0 aliphatic heterocycles. The van der Waals surface area contributed by atoms with E-state index in [0.717, 1.165) is 24.3 Å². The van der Waals surface area contributed by atoms with Crippen molar-refractivity contribution >= 4 is 34.7 Å². The van der Waals surface area contributed by atoms with Crippen molar-refractivity contribution in [2.45, 2.75) is 45.4 Å². The van der Waals surface area contributed by atoms with E-state index in [1.54, 1.807) is 12.4 Å². The van der Waals surface area contributed by atoms with Crippen LogP contribution in [0, 0.1) is 26.8 Å². The first-order valence-corrected chi connectivity index (χ1v) is 12.3. The van der Waals surface area contributed by atoms with Crippen LogP contribution < -0.4 is 4.74 Å². The van der Waals surface area contributed by atoms with E-state index in [1.165, 1.54) is 60.3 Å². The Morgan fingerprint density at radius 2 is 1.29 bits per heavy atom. The van der Waals surface area contributed by atoms with Gasteiger partial charge in [-0.3, -0.25) is 4.98 Å². The van der Waals surface area contributed by atoms with Gasteiger partial charge in [0.15, 0.2) is 23.3 Å². The van der Waals surface area contributed by atoms with Crippen molar-refractivity contribution in [1.29, 1.82) is 0 Å². The van der Waals surface area contributed by atoms with Crippen molar-refractivity contribution in [3.05, 3.63) is 92.8 Å². The minimum atomic E-state index is -1.38. The Bertz CT molecular complexity index is 1000. The largest absolute Gasteiger partial charge is 0.494 e. The number of aromatic nitrogens is 1. The maximum atomic E-state index is 12.4. The van der Waals surface area contributed by atoms with Crippen LogP contribution in [0.4, 0.5) is 17.6 Å². The second kappa shape index (κ2) is 15.5. The Morgan fingerprint density at radius 3 is 1.88 bits per heavy atom. The van der Waals surface area contributed by atoms with Crippen LogP contribution in [0.15, 0.2) is 54.9 Å². The molecule has 2 nitrogen and oxygen atoms in total. The second-order valence-electron chi connectivity index (χ2n) is 7.58. The average Bonchev–Trinajstić information content (AvgIpc) is 2.86. The summed E-state index contributed by atoms with van der Waals surface area (Å²) in [5.74, 6) is -4.52. The van der Waals surface area contributed by atoms with Gasteiger partial charge in [0.05, 0.1) is 10.2 Å². The van der Waals surface area contributed by atoms with Crippen LogP contribution in [0.25, 0.3) is 12.2 Å². The first kappa shape index (κ1) is 27.8. The van der Waals surface area contributed by atoms with Gasteiger partial charge in [-0.05, 0) is 64.4 Å². The molecular weight excluding hydrogens is 557 g/mol. The Hall–Kier alpha value is -2.42. The lowest BCUT2D eigenvalue weighted by molar-refractivity contribution is 0.304.